The highest BCUT2D eigenvalue weighted by molar-refractivity contribution is 5.85. The number of fused-ring (bicyclic) bond motifs is 3. The van der Waals surface area contributed by atoms with Crippen molar-refractivity contribution in [1.82, 2.24) is 4.98 Å². The second-order valence-electron chi connectivity index (χ2n) is 4.79. The van der Waals surface area contributed by atoms with E-state index in [0.717, 1.165) is 24.3 Å². The molecule has 0 spiro atoms. The third-order valence-electron chi connectivity index (χ3n) is 3.83. The Bertz CT molecular complexity index is 527. The van der Waals surface area contributed by atoms with Gasteiger partial charge in [-0.1, -0.05) is 13.3 Å². The molecule has 1 N–H and O–H groups in total. The fourth-order valence-electron chi connectivity index (χ4n) is 2.82. The first-order chi connectivity index (χ1) is 7.78. The van der Waals surface area contributed by atoms with E-state index in [9.17, 15) is 4.39 Å². The Morgan fingerprint density at radius 3 is 3.12 bits per heavy atom. The van der Waals surface area contributed by atoms with Crippen molar-refractivity contribution in [3.8, 4) is 0 Å². The first kappa shape index (κ1) is 9.88. The fraction of sp³-hybridized carbons (Fsp3) is 0.429. The molecular weight excluding hydrogens is 201 g/mol. The van der Waals surface area contributed by atoms with Crippen LogP contribution in [-0.2, 0) is 12.8 Å². The molecule has 1 aromatic carbocycles. The normalized spacial score (nSPS) is 20.0. The Kier molecular flexibility index (Phi) is 2.23. The number of rotatable bonds is 1. The second kappa shape index (κ2) is 3.62. The van der Waals surface area contributed by atoms with E-state index in [1.54, 1.807) is 12.1 Å². The van der Waals surface area contributed by atoms with E-state index in [1.165, 1.54) is 29.5 Å². The van der Waals surface area contributed by atoms with Crippen molar-refractivity contribution in [3.63, 3.8) is 0 Å². The molecule has 84 valence electrons. The number of aromatic nitrogens is 1. The molecule has 1 unspecified atom stereocenters. The molecule has 1 heterocycles. The fourth-order valence-corrected chi connectivity index (χ4v) is 2.82. The summed E-state index contributed by atoms with van der Waals surface area (Å²) >= 11 is 0. The summed E-state index contributed by atoms with van der Waals surface area (Å²) in [5, 5.41) is 1.22. The van der Waals surface area contributed by atoms with Crippen LogP contribution in [0.4, 0.5) is 4.39 Å². The smallest absolute Gasteiger partial charge is 0.125 e. The van der Waals surface area contributed by atoms with Gasteiger partial charge in [0.2, 0.25) is 0 Å². The van der Waals surface area contributed by atoms with Crippen molar-refractivity contribution in [2.24, 2.45) is 5.92 Å². The van der Waals surface area contributed by atoms with Gasteiger partial charge in [0.1, 0.15) is 5.82 Å². The maximum Gasteiger partial charge on any atom is 0.125 e. The van der Waals surface area contributed by atoms with Crippen LogP contribution in [0.2, 0.25) is 0 Å². The first-order valence-electron chi connectivity index (χ1n) is 6.07. The maximum atomic E-state index is 13.1. The molecule has 2 heteroatoms. The molecule has 3 rings (SSSR count). The zero-order valence-electron chi connectivity index (χ0n) is 9.52. The number of hydrogen-bond acceptors (Lipinski definition) is 0. The number of H-pyrrole nitrogens is 1. The molecule has 1 aromatic heterocycles. The zero-order valence-corrected chi connectivity index (χ0v) is 9.52. The highest BCUT2D eigenvalue weighted by Crippen LogP contribution is 2.33. The molecular formula is C14H16FN. The standard InChI is InChI=1S/C14H16FN/c1-2-9-3-6-13-12(7-9)11-5-4-10(15)8-14(11)16-13/h4-5,8-9,16H,2-3,6-7H2,1H3. The molecule has 1 atom stereocenters. The van der Waals surface area contributed by atoms with Crippen molar-refractivity contribution >= 4 is 10.9 Å². The van der Waals surface area contributed by atoms with Gasteiger partial charge in [-0.2, -0.15) is 0 Å². The third kappa shape index (κ3) is 1.44. The van der Waals surface area contributed by atoms with Crippen molar-refractivity contribution in [2.45, 2.75) is 32.6 Å². The van der Waals surface area contributed by atoms with Gasteiger partial charge in [-0.05, 0) is 48.9 Å². The van der Waals surface area contributed by atoms with Gasteiger partial charge in [-0.15, -0.1) is 0 Å². The van der Waals surface area contributed by atoms with Crippen molar-refractivity contribution in [2.75, 3.05) is 0 Å². The molecule has 1 aliphatic rings. The van der Waals surface area contributed by atoms with E-state index in [1.807, 2.05) is 6.07 Å². The number of benzene rings is 1. The average molecular weight is 217 g/mol. The number of nitrogens with one attached hydrogen (secondary N) is 1. The number of halogens is 1. The lowest BCUT2D eigenvalue weighted by Crippen LogP contribution is -2.12. The minimum Gasteiger partial charge on any atom is -0.358 e. The Morgan fingerprint density at radius 1 is 1.44 bits per heavy atom. The predicted molar refractivity (Wildman–Crippen MR) is 64.1 cm³/mol. The molecule has 2 aromatic rings. The predicted octanol–water partition coefficient (Wildman–Crippen LogP) is 3.82. The largest absolute Gasteiger partial charge is 0.358 e. The van der Waals surface area contributed by atoms with Crippen LogP contribution < -0.4 is 0 Å². The van der Waals surface area contributed by atoms with Crippen molar-refractivity contribution in [3.05, 3.63) is 35.3 Å². The van der Waals surface area contributed by atoms with Gasteiger partial charge in [-0.3, -0.25) is 0 Å². The lowest BCUT2D eigenvalue weighted by Gasteiger charge is -2.20. The van der Waals surface area contributed by atoms with Gasteiger partial charge in [-0.25, -0.2) is 4.39 Å². The Hall–Kier alpha value is -1.31. The van der Waals surface area contributed by atoms with E-state index in [2.05, 4.69) is 11.9 Å². The summed E-state index contributed by atoms with van der Waals surface area (Å²) < 4.78 is 13.1. The minimum atomic E-state index is -0.155. The van der Waals surface area contributed by atoms with Crippen LogP contribution in [-0.4, -0.2) is 4.98 Å². The van der Waals surface area contributed by atoms with Crippen LogP contribution >= 0.6 is 0 Å². The van der Waals surface area contributed by atoms with Crippen LogP contribution in [0, 0.1) is 11.7 Å². The number of aromatic amines is 1. The molecule has 0 amide bonds. The minimum absolute atomic E-state index is 0.155. The SMILES string of the molecule is CCC1CCc2[nH]c3cc(F)ccc3c2C1. The molecule has 1 nitrogen and oxygen atoms in total. The van der Waals surface area contributed by atoms with E-state index in [4.69, 9.17) is 0 Å². The van der Waals surface area contributed by atoms with Crippen LogP contribution in [0.3, 0.4) is 0 Å². The summed E-state index contributed by atoms with van der Waals surface area (Å²) in [6.07, 6.45) is 4.77. The molecule has 16 heavy (non-hydrogen) atoms. The highest BCUT2D eigenvalue weighted by atomic mass is 19.1. The average Bonchev–Trinajstić information content (AvgIpc) is 2.65. The molecule has 1 aliphatic carbocycles. The van der Waals surface area contributed by atoms with Crippen molar-refractivity contribution < 1.29 is 4.39 Å². The summed E-state index contributed by atoms with van der Waals surface area (Å²) in [5.74, 6) is 0.648. The van der Waals surface area contributed by atoms with Gasteiger partial charge in [0.15, 0.2) is 0 Å². The second-order valence-corrected chi connectivity index (χ2v) is 4.79. The van der Waals surface area contributed by atoms with Gasteiger partial charge in [0.05, 0.1) is 0 Å². The van der Waals surface area contributed by atoms with Gasteiger partial charge in [0, 0.05) is 16.6 Å². The molecule has 0 saturated carbocycles. The van der Waals surface area contributed by atoms with E-state index < -0.39 is 0 Å². The maximum absolute atomic E-state index is 13.1. The molecule has 0 radical (unpaired) electrons. The molecule has 0 saturated heterocycles. The number of hydrogen-bond donors (Lipinski definition) is 1. The lowest BCUT2D eigenvalue weighted by molar-refractivity contribution is 0.444. The number of aryl methyl sites for hydroxylation is 1. The summed E-state index contributed by atoms with van der Waals surface area (Å²) in [6, 6.07) is 5.08. The molecule has 0 bridgehead atoms. The summed E-state index contributed by atoms with van der Waals surface area (Å²) in [7, 11) is 0. The van der Waals surface area contributed by atoms with Crippen LogP contribution in [0.15, 0.2) is 18.2 Å². The quantitative estimate of drug-likeness (QED) is 0.747. The topological polar surface area (TPSA) is 15.8 Å². The van der Waals surface area contributed by atoms with E-state index >= 15 is 0 Å². The van der Waals surface area contributed by atoms with Crippen LogP contribution in [0.1, 0.15) is 31.0 Å². The Balaban J connectivity index is 2.14. The Morgan fingerprint density at radius 2 is 2.31 bits per heavy atom. The lowest BCUT2D eigenvalue weighted by atomic mass is 9.85. The van der Waals surface area contributed by atoms with Crippen LogP contribution in [0.5, 0.6) is 0 Å². The Labute approximate surface area is 94.7 Å². The third-order valence-corrected chi connectivity index (χ3v) is 3.83. The zero-order chi connectivity index (χ0) is 11.1. The highest BCUT2D eigenvalue weighted by Gasteiger charge is 2.21. The van der Waals surface area contributed by atoms with Crippen LogP contribution in [0.25, 0.3) is 10.9 Å². The summed E-state index contributed by atoms with van der Waals surface area (Å²) in [6.45, 7) is 2.25. The first-order valence-corrected chi connectivity index (χ1v) is 6.07. The van der Waals surface area contributed by atoms with Gasteiger partial charge in [0.25, 0.3) is 0 Å². The van der Waals surface area contributed by atoms with E-state index in [0.29, 0.717) is 0 Å². The summed E-state index contributed by atoms with van der Waals surface area (Å²) in [5.41, 5.74) is 3.71. The van der Waals surface area contributed by atoms with Gasteiger partial charge >= 0.3 is 0 Å². The summed E-state index contributed by atoms with van der Waals surface area (Å²) in [4.78, 5) is 3.36. The van der Waals surface area contributed by atoms with Gasteiger partial charge < -0.3 is 4.98 Å². The van der Waals surface area contributed by atoms with Crippen molar-refractivity contribution in [1.29, 1.82) is 0 Å². The monoisotopic (exact) mass is 217 g/mol. The molecule has 0 aliphatic heterocycles. The molecule has 0 fully saturated rings. The van der Waals surface area contributed by atoms with E-state index in [-0.39, 0.29) is 5.82 Å².